The van der Waals surface area contributed by atoms with E-state index in [0.717, 1.165) is 0 Å². The van der Waals surface area contributed by atoms with E-state index in [0.29, 0.717) is 61.4 Å². The van der Waals surface area contributed by atoms with Gasteiger partial charge in [-0.3, -0.25) is 4.90 Å². The number of nitriles is 1. The second-order valence-corrected chi connectivity index (χ2v) is 10.0. The first-order chi connectivity index (χ1) is 19.5. The highest BCUT2D eigenvalue weighted by Crippen LogP contribution is 2.34. The standard InChI is InChI=1S/C27H22ClF2N7O3/c28-20-7-15(8-31)1-6-21(20)34-26-23(30)27(33-14-32-26)39-24-17-9-37(10-18(24)13-38-12-17)11-22-35-25(36-40-22)16-2-4-19(29)5-3-16/h1-7,14,17-18,24H,9-13H2,(H,32,33,34). The quantitative estimate of drug-likeness (QED) is 0.340. The summed E-state index contributed by atoms with van der Waals surface area (Å²) in [6, 6.07) is 12.5. The number of hydrogen-bond donors (Lipinski definition) is 1. The van der Waals surface area contributed by atoms with Crippen molar-refractivity contribution in [2.75, 3.05) is 31.6 Å². The van der Waals surface area contributed by atoms with E-state index in [2.05, 4.69) is 30.3 Å². The topological polar surface area (TPSA) is 122 Å². The van der Waals surface area contributed by atoms with Crippen molar-refractivity contribution < 1.29 is 22.8 Å². The van der Waals surface area contributed by atoms with Crippen LogP contribution in [0.3, 0.4) is 0 Å². The summed E-state index contributed by atoms with van der Waals surface area (Å²) >= 11 is 6.22. The zero-order chi connectivity index (χ0) is 27.6. The van der Waals surface area contributed by atoms with Crippen molar-refractivity contribution >= 4 is 23.1 Å². The molecule has 2 aliphatic rings. The van der Waals surface area contributed by atoms with Crippen LogP contribution in [0.25, 0.3) is 11.4 Å². The molecule has 40 heavy (non-hydrogen) atoms. The monoisotopic (exact) mass is 565 g/mol. The molecule has 2 bridgehead atoms. The van der Waals surface area contributed by atoms with Crippen LogP contribution in [-0.4, -0.2) is 57.4 Å². The Labute approximate surface area is 232 Å². The van der Waals surface area contributed by atoms with Crippen molar-refractivity contribution in [1.82, 2.24) is 25.0 Å². The average molecular weight is 566 g/mol. The minimum atomic E-state index is -0.747. The van der Waals surface area contributed by atoms with Gasteiger partial charge in [0.25, 0.3) is 5.88 Å². The van der Waals surface area contributed by atoms with Crippen molar-refractivity contribution in [3.63, 3.8) is 0 Å². The lowest BCUT2D eigenvalue weighted by Crippen LogP contribution is -2.57. The molecule has 0 aliphatic carbocycles. The van der Waals surface area contributed by atoms with Gasteiger partial charge < -0.3 is 19.3 Å². The number of nitrogens with one attached hydrogen (secondary N) is 1. The summed E-state index contributed by atoms with van der Waals surface area (Å²) in [5, 5.41) is 16.1. The predicted octanol–water partition coefficient (Wildman–Crippen LogP) is 4.60. The number of benzene rings is 2. The van der Waals surface area contributed by atoms with Gasteiger partial charge in [0.1, 0.15) is 18.2 Å². The molecule has 2 aromatic carbocycles. The van der Waals surface area contributed by atoms with Gasteiger partial charge >= 0.3 is 0 Å². The fraction of sp³-hybridized carbons (Fsp3) is 0.296. The van der Waals surface area contributed by atoms with E-state index in [1.165, 1.54) is 24.5 Å². The molecule has 4 aromatic rings. The zero-order valence-electron chi connectivity index (χ0n) is 20.9. The third kappa shape index (κ3) is 5.44. The molecule has 2 saturated heterocycles. The Kier molecular flexibility index (Phi) is 7.25. The second-order valence-electron chi connectivity index (χ2n) is 9.63. The second kappa shape index (κ2) is 11.1. The van der Waals surface area contributed by atoms with Crippen LogP contribution < -0.4 is 10.1 Å². The van der Waals surface area contributed by atoms with Crippen molar-refractivity contribution in [1.29, 1.82) is 5.26 Å². The third-order valence-electron chi connectivity index (χ3n) is 6.86. The van der Waals surface area contributed by atoms with Gasteiger partial charge in [-0.15, -0.1) is 0 Å². The minimum absolute atomic E-state index is 0.0502. The molecule has 13 heteroatoms. The van der Waals surface area contributed by atoms with E-state index < -0.39 is 5.82 Å². The third-order valence-corrected chi connectivity index (χ3v) is 7.18. The van der Waals surface area contributed by atoms with Crippen LogP contribution >= 0.6 is 11.6 Å². The van der Waals surface area contributed by atoms with Gasteiger partial charge in [0.15, 0.2) is 5.82 Å². The van der Waals surface area contributed by atoms with Crippen LogP contribution in [0.4, 0.5) is 20.3 Å². The number of aromatic nitrogens is 4. The number of anilines is 2. The van der Waals surface area contributed by atoms with Crippen LogP contribution in [-0.2, 0) is 11.3 Å². The van der Waals surface area contributed by atoms with Crippen molar-refractivity contribution in [2.45, 2.75) is 12.6 Å². The lowest BCUT2D eigenvalue weighted by Gasteiger charge is -2.46. The molecule has 204 valence electrons. The smallest absolute Gasteiger partial charge is 0.256 e. The highest BCUT2D eigenvalue weighted by molar-refractivity contribution is 6.33. The molecule has 2 unspecified atom stereocenters. The fourth-order valence-electron chi connectivity index (χ4n) is 5.01. The first-order valence-corrected chi connectivity index (χ1v) is 12.9. The van der Waals surface area contributed by atoms with Gasteiger partial charge in [-0.25, -0.2) is 9.37 Å². The highest BCUT2D eigenvalue weighted by atomic mass is 35.5. The molecule has 2 atom stereocenters. The number of nitrogens with zero attached hydrogens (tertiary/aromatic N) is 6. The van der Waals surface area contributed by atoms with Crippen LogP contribution in [0.15, 0.2) is 53.3 Å². The maximum Gasteiger partial charge on any atom is 0.256 e. The number of likely N-dealkylation sites (tertiary alicyclic amines) is 1. The molecule has 10 nitrogen and oxygen atoms in total. The first-order valence-electron chi connectivity index (χ1n) is 12.5. The number of rotatable bonds is 7. The van der Waals surface area contributed by atoms with E-state index in [1.54, 1.807) is 24.3 Å². The molecule has 0 amide bonds. The largest absolute Gasteiger partial charge is 0.471 e. The van der Waals surface area contributed by atoms with Gasteiger partial charge in [0.05, 0.1) is 42.1 Å². The SMILES string of the molecule is N#Cc1ccc(Nc2ncnc(OC3C4COCC3CN(Cc3nc(-c5ccc(F)cc5)no3)C4)c2F)c(Cl)c1. The normalized spacial score (nSPS) is 20.6. The molecule has 0 spiro atoms. The fourth-order valence-corrected chi connectivity index (χ4v) is 5.24. The first kappa shape index (κ1) is 26.1. The Balaban J connectivity index is 1.13. The molecular weight excluding hydrogens is 544 g/mol. The van der Waals surface area contributed by atoms with Crippen LogP contribution in [0.5, 0.6) is 5.88 Å². The number of ether oxygens (including phenoxy) is 2. The van der Waals surface area contributed by atoms with E-state index in [-0.39, 0.29) is 40.5 Å². The van der Waals surface area contributed by atoms with Gasteiger partial charge in [0.2, 0.25) is 17.5 Å². The molecule has 2 aliphatic heterocycles. The Morgan fingerprint density at radius 3 is 2.60 bits per heavy atom. The molecule has 0 saturated carbocycles. The van der Waals surface area contributed by atoms with Crippen LogP contribution in [0.2, 0.25) is 5.02 Å². The van der Waals surface area contributed by atoms with E-state index in [9.17, 15) is 4.39 Å². The van der Waals surface area contributed by atoms with Crippen LogP contribution in [0.1, 0.15) is 11.5 Å². The van der Waals surface area contributed by atoms with E-state index >= 15 is 4.39 Å². The molecule has 1 N–H and O–H groups in total. The minimum Gasteiger partial charge on any atom is -0.471 e. The summed E-state index contributed by atoms with van der Waals surface area (Å²) in [5.74, 6) is -0.613. The van der Waals surface area contributed by atoms with Gasteiger partial charge in [-0.05, 0) is 42.5 Å². The molecule has 0 radical (unpaired) electrons. The summed E-state index contributed by atoms with van der Waals surface area (Å²) < 4.78 is 46.0. The lowest BCUT2D eigenvalue weighted by atomic mass is 9.84. The highest BCUT2D eigenvalue weighted by Gasteiger charge is 2.43. The Hall–Kier alpha value is -4.18. The molecule has 6 rings (SSSR count). The summed E-state index contributed by atoms with van der Waals surface area (Å²) in [6.45, 7) is 2.53. The van der Waals surface area contributed by atoms with Crippen molar-refractivity contribution in [3.05, 3.63) is 76.9 Å². The zero-order valence-corrected chi connectivity index (χ0v) is 21.7. The van der Waals surface area contributed by atoms with Gasteiger partial charge in [0, 0.05) is 30.5 Å². The predicted molar refractivity (Wildman–Crippen MR) is 139 cm³/mol. The maximum atomic E-state index is 15.4. The summed E-state index contributed by atoms with van der Waals surface area (Å²) in [4.78, 5) is 14.7. The summed E-state index contributed by atoms with van der Waals surface area (Å²) in [6.07, 6.45) is 0.895. The summed E-state index contributed by atoms with van der Waals surface area (Å²) in [5.41, 5.74) is 1.44. The average Bonchev–Trinajstić information content (AvgIpc) is 3.41. The van der Waals surface area contributed by atoms with E-state index in [4.69, 9.17) is 30.9 Å². The van der Waals surface area contributed by atoms with Crippen molar-refractivity contribution in [2.24, 2.45) is 11.8 Å². The maximum absolute atomic E-state index is 15.4. The van der Waals surface area contributed by atoms with Gasteiger partial charge in [-0.2, -0.15) is 19.6 Å². The van der Waals surface area contributed by atoms with E-state index in [1.807, 2.05) is 6.07 Å². The lowest BCUT2D eigenvalue weighted by molar-refractivity contribution is -0.118. The molecule has 2 aromatic heterocycles. The Bertz CT molecular complexity index is 1550. The number of fused-ring (bicyclic) bond motifs is 2. The molecular formula is C27H22ClF2N7O3. The number of piperidine rings is 1. The molecule has 4 heterocycles. The Morgan fingerprint density at radius 2 is 1.88 bits per heavy atom. The molecule has 2 fully saturated rings. The number of halogens is 3. The Morgan fingerprint density at radius 1 is 1.10 bits per heavy atom. The number of hydrogen-bond acceptors (Lipinski definition) is 10. The summed E-state index contributed by atoms with van der Waals surface area (Å²) in [7, 11) is 0. The van der Waals surface area contributed by atoms with Crippen molar-refractivity contribution in [3.8, 4) is 23.3 Å². The van der Waals surface area contributed by atoms with Crippen LogP contribution in [0, 0.1) is 34.8 Å². The van der Waals surface area contributed by atoms with Gasteiger partial charge in [-0.1, -0.05) is 16.8 Å².